The molecule has 2 aromatic carbocycles. The summed E-state index contributed by atoms with van der Waals surface area (Å²) >= 11 is 1.05. The van der Waals surface area contributed by atoms with Crippen LogP contribution in [0, 0.1) is 12.7 Å². The highest BCUT2D eigenvalue weighted by atomic mass is 32.2. The van der Waals surface area contributed by atoms with Gasteiger partial charge < -0.3 is 10.2 Å². The third-order valence-electron chi connectivity index (χ3n) is 7.57. The van der Waals surface area contributed by atoms with Gasteiger partial charge in [0.2, 0.25) is 5.91 Å². The number of piperidine rings is 1. The average molecular weight is 540 g/mol. The van der Waals surface area contributed by atoms with Crippen molar-refractivity contribution in [3.05, 3.63) is 65.5 Å². The second-order valence-electron chi connectivity index (χ2n) is 10.2. The number of carbonyl (C=O) groups is 3. The van der Waals surface area contributed by atoms with Gasteiger partial charge in [-0.3, -0.25) is 19.3 Å². The van der Waals surface area contributed by atoms with Crippen LogP contribution in [0.3, 0.4) is 0 Å². The van der Waals surface area contributed by atoms with Crippen molar-refractivity contribution in [1.82, 2.24) is 10.2 Å². The molecule has 0 spiro atoms. The number of benzene rings is 2. The molecule has 1 saturated heterocycles. The van der Waals surface area contributed by atoms with E-state index in [1.165, 1.54) is 18.6 Å². The molecule has 1 heterocycles. The lowest BCUT2D eigenvalue weighted by atomic mass is 9.96. The number of aryl methyl sites for hydroxylation is 1. The maximum absolute atomic E-state index is 14.5. The lowest BCUT2D eigenvalue weighted by Crippen LogP contribution is -2.53. The van der Waals surface area contributed by atoms with Crippen LogP contribution in [0.5, 0.6) is 0 Å². The summed E-state index contributed by atoms with van der Waals surface area (Å²) in [5, 5.41) is 2.23. The molecule has 6 nitrogen and oxygen atoms in total. The van der Waals surface area contributed by atoms with Crippen LogP contribution >= 0.6 is 11.8 Å². The Hall–Kier alpha value is -2.87. The zero-order valence-corrected chi connectivity index (χ0v) is 23.1. The minimum absolute atomic E-state index is 0.0719. The van der Waals surface area contributed by atoms with Crippen molar-refractivity contribution in [1.29, 1.82) is 0 Å². The quantitative estimate of drug-likeness (QED) is 0.396. The first-order valence-electron chi connectivity index (χ1n) is 13.8. The molecule has 3 amide bonds. The SMILES string of the molecule is CCC(=O)N1CCCC[C@@H]1C(=O)N(c1cccc(F)c1)[C@H](SC(=O)NC1CCCCC1)c1ccccc1C. The summed E-state index contributed by atoms with van der Waals surface area (Å²) in [6, 6.07) is 13.1. The number of nitrogens with one attached hydrogen (secondary N) is 1. The number of hydrogen-bond donors (Lipinski definition) is 1. The van der Waals surface area contributed by atoms with Crippen LogP contribution in [0.2, 0.25) is 0 Å². The molecule has 0 radical (unpaired) electrons. The Morgan fingerprint density at radius 3 is 2.47 bits per heavy atom. The first-order chi connectivity index (χ1) is 18.4. The number of hydrogen-bond acceptors (Lipinski definition) is 4. The van der Waals surface area contributed by atoms with E-state index in [2.05, 4.69) is 5.32 Å². The zero-order valence-electron chi connectivity index (χ0n) is 22.3. The summed E-state index contributed by atoms with van der Waals surface area (Å²) in [5.74, 6) is -0.827. The van der Waals surface area contributed by atoms with Crippen LogP contribution in [0.25, 0.3) is 0 Å². The summed E-state index contributed by atoms with van der Waals surface area (Å²) in [7, 11) is 0. The third-order valence-corrected chi connectivity index (χ3v) is 8.59. The molecule has 1 saturated carbocycles. The van der Waals surface area contributed by atoms with Gasteiger partial charge in [0.05, 0.1) is 0 Å². The van der Waals surface area contributed by atoms with Gasteiger partial charge in [-0.25, -0.2) is 4.39 Å². The predicted octanol–water partition coefficient (Wildman–Crippen LogP) is 6.73. The normalized spacial score (nSPS) is 19.0. The van der Waals surface area contributed by atoms with Gasteiger partial charge in [-0.1, -0.05) is 56.5 Å². The van der Waals surface area contributed by atoms with Crippen LogP contribution in [-0.2, 0) is 9.59 Å². The van der Waals surface area contributed by atoms with E-state index in [-0.39, 0.29) is 23.1 Å². The Labute approximate surface area is 229 Å². The van der Waals surface area contributed by atoms with E-state index in [0.29, 0.717) is 25.1 Å². The molecule has 0 bridgehead atoms. The molecule has 0 aromatic heterocycles. The number of likely N-dealkylation sites (tertiary alicyclic amines) is 1. The summed E-state index contributed by atoms with van der Waals surface area (Å²) in [5.41, 5.74) is 2.10. The molecule has 38 heavy (non-hydrogen) atoms. The second kappa shape index (κ2) is 13.3. The molecule has 1 N–H and O–H groups in total. The lowest BCUT2D eigenvalue weighted by molar-refractivity contribution is -0.141. The molecule has 1 aliphatic heterocycles. The zero-order chi connectivity index (χ0) is 27.1. The molecule has 2 aromatic rings. The van der Waals surface area contributed by atoms with E-state index >= 15 is 0 Å². The topological polar surface area (TPSA) is 69.7 Å². The Bertz CT molecular complexity index is 1140. The molecule has 0 unspecified atom stereocenters. The molecular weight excluding hydrogens is 501 g/mol. The Balaban J connectivity index is 1.75. The molecule has 2 atom stereocenters. The van der Waals surface area contributed by atoms with Crippen LogP contribution in [-0.4, -0.2) is 40.6 Å². The highest BCUT2D eigenvalue weighted by Gasteiger charge is 2.39. The van der Waals surface area contributed by atoms with Crippen molar-refractivity contribution in [3.63, 3.8) is 0 Å². The van der Waals surface area contributed by atoms with Crippen LogP contribution in [0.15, 0.2) is 48.5 Å². The van der Waals surface area contributed by atoms with Crippen LogP contribution < -0.4 is 10.2 Å². The van der Waals surface area contributed by atoms with Crippen molar-refractivity contribution in [2.45, 2.75) is 89.1 Å². The molecule has 204 valence electrons. The maximum Gasteiger partial charge on any atom is 0.281 e. The number of anilines is 1. The van der Waals surface area contributed by atoms with Crippen molar-refractivity contribution in [2.24, 2.45) is 0 Å². The fourth-order valence-corrected chi connectivity index (χ4v) is 6.68. The minimum atomic E-state index is -0.727. The monoisotopic (exact) mass is 539 g/mol. The molecular formula is C30H38FN3O3S. The van der Waals surface area contributed by atoms with E-state index in [0.717, 1.165) is 61.4 Å². The van der Waals surface area contributed by atoms with Crippen molar-refractivity contribution >= 4 is 34.5 Å². The van der Waals surface area contributed by atoms with Gasteiger partial charge in [0.25, 0.3) is 11.1 Å². The number of nitrogens with zero attached hydrogens (tertiary/aromatic N) is 2. The van der Waals surface area contributed by atoms with E-state index in [4.69, 9.17) is 0 Å². The molecule has 8 heteroatoms. The average Bonchev–Trinajstić information content (AvgIpc) is 2.93. The number of amides is 3. The first-order valence-corrected chi connectivity index (χ1v) is 14.7. The largest absolute Gasteiger partial charge is 0.344 e. The smallest absolute Gasteiger partial charge is 0.281 e. The number of carbonyl (C=O) groups excluding carboxylic acids is 3. The fraction of sp³-hybridized carbons (Fsp3) is 0.500. The van der Waals surface area contributed by atoms with E-state index in [9.17, 15) is 18.8 Å². The fourth-order valence-electron chi connectivity index (χ4n) is 5.52. The second-order valence-corrected chi connectivity index (χ2v) is 11.3. The summed E-state index contributed by atoms with van der Waals surface area (Å²) in [4.78, 5) is 43.8. The maximum atomic E-state index is 14.5. The van der Waals surface area contributed by atoms with Crippen molar-refractivity contribution in [2.75, 3.05) is 11.4 Å². The lowest BCUT2D eigenvalue weighted by Gasteiger charge is -2.40. The van der Waals surface area contributed by atoms with E-state index in [1.54, 1.807) is 28.9 Å². The van der Waals surface area contributed by atoms with Crippen LogP contribution in [0.4, 0.5) is 14.9 Å². The van der Waals surface area contributed by atoms with Gasteiger partial charge >= 0.3 is 0 Å². The Kier molecular flexibility index (Phi) is 9.83. The van der Waals surface area contributed by atoms with Gasteiger partial charge in [0.15, 0.2) is 0 Å². The Morgan fingerprint density at radius 2 is 1.76 bits per heavy atom. The molecule has 2 aliphatic rings. The summed E-state index contributed by atoms with van der Waals surface area (Å²) < 4.78 is 14.5. The first kappa shape index (κ1) is 28.1. The van der Waals surface area contributed by atoms with Crippen LogP contribution in [0.1, 0.15) is 81.2 Å². The molecule has 2 fully saturated rings. The minimum Gasteiger partial charge on any atom is -0.344 e. The Morgan fingerprint density at radius 1 is 1.03 bits per heavy atom. The number of rotatable bonds is 7. The highest BCUT2D eigenvalue weighted by Crippen LogP contribution is 2.40. The molecule has 1 aliphatic carbocycles. The highest BCUT2D eigenvalue weighted by molar-refractivity contribution is 8.13. The predicted molar refractivity (Wildman–Crippen MR) is 150 cm³/mol. The van der Waals surface area contributed by atoms with E-state index < -0.39 is 17.2 Å². The van der Waals surface area contributed by atoms with Gasteiger partial charge in [-0.2, -0.15) is 0 Å². The van der Waals surface area contributed by atoms with Gasteiger partial charge in [0, 0.05) is 24.7 Å². The van der Waals surface area contributed by atoms with Gasteiger partial charge in [-0.05, 0) is 80.1 Å². The van der Waals surface area contributed by atoms with E-state index in [1.807, 2.05) is 31.2 Å². The number of thioether (sulfide) groups is 1. The summed E-state index contributed by atoms with van der Waals surface area (Å²) in [6.07, 6.45) is 7.77. The number of halogens is 1. The third kappa shape index (κ3) is 6.76. The molecule has 4 rings (SSSR count). The van der Waals surface area contributed by atoms with Crippen molar-refractivity contribution < 1.29 is 18.8 Å². The van der Waals surface area contributed by atoms with Gasteiger partial charge in [-0.15, -0.1) is 0 Å². The van der Waals surface area contributed by atoms with Crippen molar-refractivity contribution in [3.8, 4) is 0 Å². The van der Waals surface area contributed by atoms with Gasteiger partial charge in [0.1, 0.15) is 17.2 Å². The standard InChI is InChI=1S/C30H38FN3O3S/c1-3-27(35)33-19-10-9-18-26(33)28(36)34(24-16-11-13-22(31)20-24)29(25-17-8-7-12-21(25)2)38-30(37)32-23-14-5-4-6-15-23/h7-8,11-13,16-17,20,23,26,29H,3-6,9-10,14-15,18-19H2,1-2H3,(H,32,37)/t26-,29-/m1/s1. The summed E-state index contributed by atoms with van der Waals surface area (Å²) in [6.45, 7) is 4.26.